The molecule has 1 heterocycles. The molecule has 2 atom stereocenters. The Bertz CT molecular complexity index is 196. The van der Waals surface area contributed by atoms with Gasteiger partial charge in [-0.25, -0.2) is 4.79 Å². The molecule has 0 bridgehead atoms. The maximum absolute atomic E-state index is 11.6. The number of hydrogen-bond acceptors (Lipinski definition) is 3. The summed E-state index contributed by atoms with van der Waals surface area (Å²) in [6.45, 7) is 1.21. The number of rotatable bonds is 2. The Hall–Kier alpha value is -0.810. The Morgan fingerprint density at radius 3 is 1.93 bits per heavy atom. The Morgan fingerprint density at radius 2 is 1.64 bits per heavy atom. The van der Waals surface area contributed by atoms with Crippen LogP contribution in [0.15, 0.2) is 0 Å². The summed E-state index contributed by atoms with van der Waals surface area (Å²) in [4.78, 5) is 14.9. The van der Waals surface area contributed by atoms with Crippen molar-refractivity contribution in [2.75, 3.05) is 41.4 Å². The normalized spacial score (nSPS) is 26.7. The van der Waals surface area contributed by atoms with Gasteiger partial charge in [0.2, 0.25) is 0 Å². The topological polar surface area (TPSA) is 42.0 Å². The molecular weight excluding hydrogens is 184 g/mol. The van der Waals surface area contributed by atoms with Crippen LogP contribution in [0.5, 0.6) is 0 Å². The van der Waals surface area contributed by atoms with Crippen molar-refractivity contribution < 1.29 is 14.3 Å². The third kappa shape index (κ3) is 2.16. The predicted octanol–water partition coefficient (Wildman–Crippen LogP) is 0.0136. The lowest BCUT2D eigenvalue weighted by Crippen LogP contribution is -2.38. The molecular formula is C9H18N2O3. The number of methoxy groups -OCH3 is 2. The van der Waals surface area contributed by atoms with Crippen molar-refractivity contribution in [3.63, 3.8) is 0 Å². The predicted molar refractivity (Wildman–Crippen MR) is 52.3 cm³/mol. The zero-order chi connectivity index (χ0) is 10.7. The van der Waals surface area contributed by atoms with Gasteiger partial charge in [-0.3, -0.25) is 0 Å². The van der Waals surface area contributed by atoms with E-state index >= 15 is 0 Å². The van der Waals surface area contributed by atoms with Crippen molar-refractivity contribution >= 4 is 6.03 Å². The van der Waals surface area contributed by atoms with Gasteiger partial charge in [0.15, 0.2) is 0 Å². The number of carbonyl (C=O) groups excluding carboxylic acids is 1. The first-order valence-corrected chi connectivity index (χ1v) is 4.62. The van der Waals surface area contributed by atoms with Gasteiger partial charge in [-0.1, -0.05) is 0 Å². The van der Waals surface area contributed by atoms with E-state index in [9.17, 15) is 4.79 Å². The number of likely N-dealkylation sites (tertiary alicyclic amines) is 1. The van der Waals surface area contributed by atoms with E-state index in [1.54, 1.807) is 38.1 Å². The van der Waals surface area contributed by atoms with Crippen LogP contribution in [0.3, 0.4) is 0 Å². The molecule has 0 aromatic rings. The Labute approximate surface area is 84.6 Å². The van der Waals surface area contributed by atoms with Crippen LogP contribution < -0.4 is 0 Å². The van der Waals surface area contributed by atoms with Crippen LogP contribution in [0.2, 0.25) is 0 Å². The Balaban J connectivity index is 2.57. The van der Waals surface area contributed by atoms with Crippen molar-refractivity contribution in [1.29, 1.82) is 0 Å². The second-order valence-electron chi connectivity index (χ2n) is 3.63. The summed E-state index contributed by atoms with van der Waals surface area (Å²) in [5, 5.41) is 0. The summed E-state index contributed by atoms with van der Waals surface area (Å²) in [7, 11) is 6.76. The first kappa shape index (κ1) is 11.3. The van der Waals surface area contributed by atoms with Crippen LogP contribution in [-0.4, -0.2) is 69.4 Å². The standard InChI is InChI=1S/C9H18N2O3/c1-10(2)9(12)11-5-7(13-3)8(6-11)14-4/h7-8H,5-6H2,1-4H3. The van der Waals surface area contributed by atoms with Crippen molar-refractivity contribution in [2.45, 2.75) is 12.2 Å². The molecule has 5 nitrogen and oxygen atoms in total. The molecule has 1 saturated heterocycles. The van der Waals surface area contributed by atoms with Gasteiger partial charge in [0, 0.05) is 28.3 Å². The number of ether oxygens (including phenoxy) is 2. The van der Waals surface area contributed by atoms with Gasteiger partial charge in [-0.05, 0) is 0 Å². The van der Waals surface area contributed by atoms with E-state index in [2.05, 4.69) is 0 Å². The van der Waals surface area contributed by atoms with Gasteiger partial charge in [-0.2, -0.15) is 0 Å². The number of urea groups is 1. The molecule has 1 aliphatic heterocycles. The molecule has 14 heavy (non-hydrogen) atoms. The number of nitrogens with zero attached hydrogens (tertiary/aromatic N) is 2. The molecule has 0 N–H and O–H groups in total. The van der Waals surface area contributed by atoms with E-state index < -0.39 is 0 Å². The zero-order valence-corrected chi connectivity index (χ0v) is 9.19. The van der Waals surface area contributed by atoms with Crippen molar-refractivity contribution in [3.8, 4) is 0 Å². The Morgan fingerprint density at radius 1 is 1.21 bits per heavy atom. The van der Waals surface area contributed by atoms with Crippen molar-refractivity contribution in [2.24, 2.45) is 0 Å². The van der Waals surface area contributed by atoms with Gasteiger partial charge >= 0.3 is 6.03 Å². The highest BCUT2D eigenvalue weighted by Gasteiger charge is 2.35. The van der Waals surface area contributed by atoms with Crippen LogP contribution in [-0.2, 0) is 9.47 Å². The highest BCUT2D eigenvalue weighted by molar-refractivity contribution is 5.74. The zero-order valence-electron chi connectivity index (χ0n) is 9.19. The van der Waals surface area contributed by atoms with E-state index in [0.717, 1.165) is 0 Å². The van der Waals surface area contributed by atoms with Gasteiger partial charge < -0.3 is 19.3 Å². The summed E-state index contributed by atoms with van der Waals surface area (Å²) in [5.41, 5.74) is 0. The fraction of sp³-hybridized carbons (Fsp3) is 0.889. The lowest BCUT2D eigenvalue weighted by Gasteiger charge is -2.20. The van der Waals surface area contributed by atoms with Gasteiger partial charge in [0.1, 0.15) is 12.2 Å². The smallest absolute Gasteiger partial charge is 0.319 e. The van der Waals surface area contributed by atoms with E-state index in [-0.39, 0.29) is 18.2 Å². The van der Waals surface area contributed by atoms with E-state index in [1.807, 2.05) is 0 Å². The van der Waals surface area contributed by atoms with Crippen LogP contribution in [0.25, 0.3) is 0 Å². The quantitative estimate of drug-likeness (QED) is 0.633. The molecule has 0 aromatic carbocycles. The minimum Gasteiger partial charge on any atom is -0.377 e. The second-order valence-corrected chi connectivity index (χ2v) is 3.63. The summed E-state index contributed by atoms with van der Waals surface area (Å²) in [6.07, 6.45) is -0.0206. The molecule has 82 valence electrons. The van der Waals surface area contributed by atoms with Crippen molar-refractivity contribution in [1.82, 2.24) is 9.80 Å². The second kappa shape index (κ2) is 4.61. The van der Waals surface area contributed by atoms with Crippen LogP contribution in [0.1, 0.15) is 0 Å². The molecule has 0 aliphatic carbocycles. The van der Waals surface area contributed by atoms with E-state index in [1.165, 1.54) is 0 Å². The van der Waals surface area contributed by atoms with Crippen LogP contribution >= 0.6 is 0 Å². The fourth-order valence-corrected chi connectivity index (χ4v) is 1.64. The first-order valence-electron chi connectivity index (χ1n) is 4.62. The molecule has 5 heteroatoms. The average Bonchev–Trinajstić information content (AvgIpc) is 2.59. The third-order valence-corrected chi connectivity index (χ3v) is 2.47. The van der Waals surface area contributed by atoms with Gasteiger partial charge in [0.05, 0.1) is 13.1 Å². The Kier molecular flexibility index (Phi) is 3.71. The summed E-state index contributed by atoms with van der Waals surface area (Å²) in [5.74, 6) is 0. The number of carbonyl (C=O) groups is 1. The summed E-state index contributed by atoms with van der Waals surface area (Å²) in [6, 6.07) is 0.00611. The minimum absolute atomic E-state index is 0.00611. The SMILES string of the molecule is COC1CN(C(=O)N(C)C)CC1OC. The maximum Gasteiger partial charge on any atom is 0.319 e. The highest BCUT2D eigenvalue weighted by atomic mass is 16.5. The van der Waals surface area contributed by atoms with Crippen LogP contribution in [0, 0.1) is 0 Å². The summed E-state index contributed by atoms with van der Waals surface area (Å²) < 4.78 is 10.5. The minimum atomic E-state index is -0.0103. The van der Waals surface area contributed by atoms with Gasteiger partial charge in [-0.15, -0.1) is 0 Å². The van der Waals surface area contributed by atoms with Gasteiger partial charge in [0.25, 0.3) is 0 Å². The number of amides is 2. The largest absolute Gasteiger partial charge is 0.377 e. The van der Waals surface area contributed by atoms with E-state index in [4.69, 9.17) is 9.47 Å². The molecule has 0 radical (unpaired) electrons. The average molecular weight is 202 g/mol. The highest BCUT2D eigenvalue weighted by Crippen LogP contribution is 2.16. The van der Waals surface area contributed by atoms with Crippen molar-refractivity contribution in [3.05, 3.63) is 0 Å². The fourth-order valence-electron chi connectivity index (χ4n) is 1.64. The molecule has 0 spiro atoms. The van der Waals surface area contributed by atoms with Crippen LogP contribution in [0.4, 0.5) is 4.79 Å². The molecule has 2 amide bonds. The van der Waals surface area contributed by atoms with E-state index in [0.29, 0.717) is 13.1 Å². The molecule has 1 aliphatic rings. The molecule has 0 saturated carbocycles. The summed E-state index contributed by atoms with van der Waals surface area (Å²) >= 11 is 0. The lowest BCUT2D eigenvalue weighted by molar-refractivity contribution is -0.00461. The molecule has 1 fully saturated rings. The molecule has 2 unspecified atom stereocenters. The lowest BCUT2D eigenvalue weighted by atomic mass is 10.3. The first-order chi connectivity index (χ1) is 6.60. The maximum atomic E-state index is 11.6. The molecule has 0 aromatic heterocycles. The number of hydrogen-bond donors (Lipinski definition) is 0. The third-order valence-electron chi connectivity index (χ3n) is 2.47. The molecule has 1 rings (SSSR count). The monoisotopic (exact) mass is 202 g/mol.